The molecule has 0 spiro atoms. The lowest BCUT2D eigenvalue weighted by Crippen LogP contribution is -2.15. The first kappa shape index (κ1) is 15.2. The number of ether oxygens (including phenoxy) is 1. The second-order valence-electron chi connectivity index (χ2n) is 3.59. The number of sulfonamides is 1. The summed E-state index contributed by atoms with van der Waals surface area (Å²) in [6.45, 7) is 0. The van der Waals surface area contributed by atoms with E-state index in [0.717, 1.165) is 0 Å². The monoisotopic (exact) mass is 421 g/mol. The summed E-state index contributed by atoms with van der Waals surface area (Å²) in [6, 6.07) is 6.31. The van der Waals surface area contributed by atoms with E-state index in [0.29, 0.717) is 4.60 Å². The van der Waals surface area contributed by atoms with Gasteiger partial charge in [-0.1, -0.05) is 12.1 Å². The van der Waals surface area contributed by atoms with Crippen molar-refractivity contribution >= 4 is 47.7 Å². The van der Waals surface area contributed by atoms with Gasteiger partial charge in [-0.25, -0.2) is 18.4 Å². The van der Waals surface area contributed by atoms with Crippen LogP contribution in [-0.4, -0.2) is 25.5 Å². The molecule has 0 aliphatic rings. The third kappa shape index (κ3) is 3.28. The minimum Gasteiger partial charge on any atom is -0.495 e. The van der Waals surface area contributed by atoms with E-state index in [-0.39, 0.29) is 21.1 Å². The smallest absolute Gasteiger partial charge is 0.266 e. The topological polar surface area (TPSA) is 81.2 Å². The SMILES string of the molecule is COc1ccccc1S(=O)(=O)Nc1ncc(Br)nc1Br. The lowest BCUT2D eigenvalue weighted by molar-refractivity contribution is 0.403. The van der Waals surface area contributed by atoms with Gasteiger partial charge in [0.1, 0.15) is 15.2 Å². The second-order valence-corrected chi connectivity index (χ2v) is 6.80. The fourth-order valence-corrected chi connectivity index (χ4v) is 3.67. The molecule has 106 valence electrons. The predicted octanol–water partition coefficient (Wildman–Crippen LogP) is 2.81. The average molecular weight is 423 g/mol. The Hall–Kier alpha value is -1.19. The standard InChI is InChI=1S/C11H9Br2N3O3S/c1-19-7-4-2-3-5-8(7)20(17,18)16-11-10(13)15-9(12)6-14-11/h2-6H,1H3,(H,14,16). The molecule has 0 bridgehead atoms. The molecule has 2 rings (SSSR count). The Morgan fingerprint density at radius 2 is 1.95 bits per heavy atom. The molecule has 0 fully saturated rings. The summed E-state index contributed by atoms with van der Waals surface area (Å²) in [7, 11) is -2.41. The summed E-state index contributed by atoms with van der Waals surface area (Å²) in [5.41, 5.74) is 0. The highest BCUT2D eigenvalue weighted by molar-refractivity contribution is 9.11. The third-order valence-electron chi connectivity index (χ3n) is 2.29. The van der Waals surface area contributed by atoms with Crippen molar-refractivity contribution in [2.45, 2.75) is 4.90 Å². The van der Waals surface area contributed by atoms with Crippen molar-refractivity contribution < 1.29 is 13.2 Å². The average Bonchev–Trinajstić information content (AvgIpc) is 2.42. The minimum absolute atomic E-state index is 0.0270. The first-order chi connectivity index (χ1) is 9.44. The van der Waals surface area contributed by atoms with E-state index in [1.807, 2.05) is 0 Å². The van der Waals surface area contributed by atoms with Crippen LogP contribution >= 0.6 is 31.9 Å². The highest BCUT2D eigenvalue weighted by atomic mass is 79.9. The maximum Gasteiger partial charge on any atom is 0.266 e. The van der Waals surface area contributed by atoms with Crippen molar-refractivity contribution in [3.8, 4) is 5.75 Å². The van der Waals surface area contributed by atoms with Crippen molar-refractivity contribution in [3.05, 3.63) is 39.7 Å². The van der Waals surface area contributed by atoms with Crippen molar-refractivity contribution in [1.82, 2.24) is 9.97 Å². The number of aromatic nitrogens is 2. The van der Waals surface area contributed by atoms with Gasteiger partial charge in [-0.2, -0.15) is 0 Å². The summed E-state index contributed by atoms with van der Waals surface area (Å²) in [5.74, 6) is 0.347. The van der Waals surface area contributed by atoms with Gasteiger partial charge < -0.3 is 4.74 Å². The number of para-hydroxylation sites is 1. The molecule has 1 heterocycles. The highest BCUT2D eigenvalue weighted by Gasteiger charge is 2.21. The largest absolute Gasteiger partial charge is 0.495 e. The number of nitrogens with zero attached hydrogens (tertiary/aromatic N) is 2. The van der Waals surface area contributed by atoms with Crippen LogP contribution in [0, 0.1) is 0 Å². The Morgan fingerprint density at radius 1 is 1.25 bits per heavy atom. The molecule has 0 aliphatic carbocycles. The summed E-state index contributed by atoms with van der Waals surface area (Å²) in [5, 5.41) is 0. The number of methoxy groups -OCH3 is 1. The molecule has 0 atom stereocenters. The lowest BCUT2D eigenvalue weighted by Gasteiger charge is -2.11. The van der Waals surface area contributed by atoms with Crippen LogP contribution in [0.15, 0.2) is 44.6 Å². The molecule has 0 amide bonds. The van der Waals surface area contributed by atoms with Crippen LogP contribution in [0.5, 0.6) is 5.75 Å². The summed E-state index contributed by atoms with van der Waals surface area (Å²) >= 11 is 6.29. The maximum absolute atomic E-state index is 12.3. The Balaban J connectivity index is 2.41. The number of rotatable bonds is 4. The zero-order valence-corrected chi connectivity index (χ0v) is 14.2. The van der Waals surface area contributed by atoms with E-state index >= 15 is 0 Å². The van der Waals surface area contributed by atoms with Crippen molar-refractivity contribution in [2.75, 3.05) is 11.8 Å². The molecule has 1 aromatic heterocycles. The van der Waals surface area contributed by atoms with Crippen molar-refractivity contribution in [3.63, 3.8) is 0 Å². The van der Waals surface area contributed by atoms with E-state index in [4.69, 9.17) is 4.74 Å². The molecule has 6 nitrogen and oxygen atoms in total. The van der Waals surface area contributed by atoms with Crippen LogP contribution in [0.4, 0.5) is 5.82 Å². The minimum atomic E-state index is -3.81. The molecule has 1 N–H and O–H groups in total. The van der Waals surface area contributed by atoms with Gasteiger partial charge in [0.2, 0.25) is 0 Å². The van der Waals surface area contributed by atoms with Gasteiger partial charge in [-0.3, -0.25) is 4.72 Å². The predicted molar refractivity (Wildman–Crippen MR) is 81.2 cm³/mol. The lowest BCUT2D eigenvalue weighted by atomic mass is 10.3. The van der Waals surface area contributed by atoms with Crippen LogP contribution in [0.1, 0.15) is 0 Å². The van der Waals surface area contributed by atoms with Gasteiger partial charge in [-0.15, -0.1) is 0 Å². The Kier molecular flexibility index (Phi) is 4.61. The molecule has 0 unspecified atom stereocenters. The molecule has 2 aromatic rings. The number of hydrogen-bond acceptors (Lipinski definition) is 5. The van der Waals surface area contributed by atoms with Crippen LogP contribution < -0.4 is 9.46 Å². The number of hydrogen-bond donors (Lipinski definition) is 1. The van der Waals surface area contributed by atoms with E-state index in [9.17, 15) is 8.42 Å². The summed E-state index contributed by atoms with van der Waals surface area (Å²) < 4.78 is 32.8. The second kappa shape index (κ2) is 6.06. The summed E-state index contributed by atoms with van der Waals surface area (Å²) in [4.78, 5) is 7.99. The van der Waals surface area contributed by atoms with Gasteiger partial charge in [0, 0.05) is 0 Å². The van der Waals surface area contributed by atoms with Gasteiger partial charge in [0.15, 0.2) is 10.4 Å². The number of anilines is 1. The van der Waals surface area contributed by atoms with E-state index in [1.165, 1.54) is 19.4 Å². The quantitative estimate of drug-likeness (QED) is 0.819. The zero-order chi connectivity index (χ0) is 14.8. The van der Waals surface area contributed by atoms with Crippen LogP contribution in [0.25, 0.3) is 0 Å². The third-order valence-corrected chi connectivity index (χ3v) is 4.60. The van der Waals surface area contributed by atoms with Crippen LogP contribution in [0.3, 0.4) is 0 Å². The number of halogens is 2. The number of nitrogens with one attached hydrogen (secondary N) is 1. The summed E-state index contributed by atoms with van der Waals surface area (Å²) in [6.07, 6.45) is 1.39. The molecule has 0 saturated heterocycles. The molecular weight excluding hydrogens is 414 g/mol. The normalized spacial score (nSPS) is 11.2. The highest BCUT2D eigenvalue weighted by Crippen LogP contribution is 2.27. The van der Waals surface area contributed by atoms with Crippen LogP contribution in [0.2, 0.25) is 0 Å². The zero-order valence-electron chi connectivity index (χ0n) is 10.2. The molecule has 9 heteroatoms. The van der Waals surface area contributed by atoms with E-state index in [2.05, 4.69) is 46.5 Å². The first-order valence-corrected chi connectivity index (χ1v) is 8.35. The fourth-order valence-electron chi connectivity index (χ4n) is 1.44. The first-order valence-electron chi connectivity index (χ1n) is 5.28. The molecule has 0 aliphatic heterocycles. The van der Waals surface area contributed by atoms with E-state index < -0.39 is 10.0 Å². The molecule has 0 radical (unpaired) electrons. The molecule has 20 heavy (non-hydrogen) atoms. The van der Waals surface area contributed by atoms with Gasteiger partial charge in [-0.05, 0) is 44.0 Å². The molecular formula is C11H9Br2N3O3S. The van der Waals surface area contributed by atoms with Gasteiger partial charge in [0.25, 0.3) is 10.0 Å². The van der Waals surface area contributed by atoms with Gasteiger partial charge in [0.05, 0.1) is 13.3 Å². The Morgan fingerprint density at radius 3 is 2.60 bits per heavy atom. The van der Waals surface area contributed by atoms with E-state index in [1.54, 1.807) is 18.2 Å². The van der Waals surface area contributed by atoms with Crippen LogP contribution in [-0.2, 0) is 10.0 Å². The maximum atomic E-state index is 12.3. The Labute approximate surface area is 132 Å². The fraction of sp³-hybridized carbons (Fsp3) is 0.0909. The van der Waals surface area contributed by atoms with Crippen molar-refractivity contribution in [2.24, 2.45) is 0 Å². The van der Waals surface area contributed by atoms with Gasteiger partial charge >= 0.3 is 0 Å². The van der Waals surface area contributed by atoms with Crippen molar-refractivity contribution in [1.29, 1.82) is 0 Å². The molecule has 0 saturated carbocycles. The molecule has 1 aromatic carbocycles. The number of benzene rings is 1. The Bertz CT molecular complexity index is 737.